The van der Waals surface area contributed by atoms with E-state index >= 15 is 0 Å². The smallest absolute Gasteiger partial charge is 0.232 e. The lowest BCUT2D eigenvalue weighted by Crippen LogP contribution is -2.23. The van der Waals surface area contributed by atoms with Crippen LogP contribution in [-0.2, 0) is 4.79 Å². The molecule has 0 bridgehead atoms. The molecule has 1 unspecified atom stereocenters. The van der Waals surface area contributed by atoms with E-state index in [1.807, 2.05) is 59.8 Å². The van der Waals surface area contributed by atoms with Crippen LogP contribution in [0.5, 0.6) is 0 Å². The number of rotatable bonds is 5. The third-order valence-electron chi connectivity index (χ3n) is 5.06. The second-order valence-electron chi connectivity index (χ2n) is 6.98. The van der Waals surface area contributed by atoms with Crippen LogP contribution in [0.2, 0.25) is 0 Å². The molecule has 0 N–H and O–H groups in total. The van der Waals surface area contributed by atoms with Crippen molar-refractivity contribution >= 4 is 33.9 Å². The quantitative estimate of drug-likeness (QED) is 0.486. The molecule has 150 valence electrons. The Balaban J connectivity index is 1.32. The fourth-order valence-electron chi connectivity index (χ4n) is 3.43. The molecule has 30 heavy (non-hydrogen) atoms. The summed E-state index contributed by atoms with van der Waals surface area (Å²) in [5.41, 5.74) is 1.81. The Morgan fingerprint density at radius 1 is 1.17 bits per heavy atom. The van der Waals surface area contributed by atoms with Gasteiger partial charge in [0.1, 0.15) is 5.82 Å². The summed E-state index contributed by atoms with van der Waals surface area (Å²) in [6, 6.07) is 13.8. The molecule has 0 aliphatic carbocycles. The zero-order chi connectivity index (χ0) is 20.5. The largest absolute Gasteiger partial charge is 0.339 e. The average molecular weight is 418 g/mol. The summed E-state index contributed by atoms with van der Waals surface area (Å²) in [5, 5.41) is 6.65. The maximum atomic E-state index is 12.3. The molecule has 1 atom stereocenters. The van der Waals surface area contributed by atoms with Gasteiger partial charge in [-0.1, -0.05) is 23.4 Å². The topological polar surface area (TPSA) is 88.3 Å². The minimum atomic E-state index is -0.140. The van der Waals surface area contributed by atoms with Gasteiger partial charge in [0.2, 0.25) is 17.6 Å². The van der Waals surface area contributed by atoms with Crippen molar-refractivity contribution in [3.8, 4) is 11.4 Å². The Morgan fingerprint density at radius 2 is 2.03 bits per heavy atom. The van der Waals surface area contributed by atoms with Crippen LogP contribution in [0.3, 0.4) is 0 Å². The van der Waals surface area contributed by atoms with Gasteiger partial charge in [-0.2, -0.15) is 4.98 Å². The molecule has 0 saturated carbocycles. The van der Waals surface area contributed by atoms with Gasteiger partial charge < -0.3 is 9.42 Å². The van der Waals surface area contributed by atoms with Crippen LogP contribution in [0, 0.1) is 0 Å². The maximum absolute atomic E-state index is 12.3. The number of anilines is 3. The molecule has 1 amide bonds. The maximum Gasteiger partial charge on any atom is 0.232 e. The minimum Gasteiger partial charge on any atom is -0.339 e. The highest BCUT2D eigenvalue weighted by Crippen LogP contribution is 2.33. The lowest BCUT2D eigenvalue weighted by Gasteiger charge is -2.18. The Labute approximate surface area is 176 Å². The number of thiazole rings is 1. The first-order valence-corrected chi connectivity index (χ1v) is 10.4. The van der Waals surface area contributed by atoms with E-state index in [-0.39, 0.29) is 11.8 Å². The van der Waals surface area contributed by atoms with E-state index in [1.165, 1.54) is 11.3 Å². The first kappa shape index (κ1) is 18.4. The average Bonchev–Trinajstić information content (AvgIpc) is 3.54. The second-order valence-corrected chi connectivity index (χ2v) is 7.85. The van der Waals surface area contributed by atoms with E-state index < -0.39 is 0 Å². The monoisotopic (exact) mass is 418 g/mol. The van der Waals surface area contributed by atoms with E-state index in [2.05, 4.69) is 20.1 Å². The highest BCUT2D eigenvalue weighted by Gasteiger charge is 2.36. The fourth-order valence-corrected chi connectivity index (χ4v) is 4.09. The molecule has 1 aliphatic rings. The Kier molecular flexibility index (Phi) is 4.72. The molecule has 1 aliphatic heterocycles. The van der Waals surface area contributed by atoms with Crippen molar-refractivity contribution in [1.29, 1.82) is 0 Å². The minimum absolute atomic E-state index is 0.0182. The summed E-state index contributed by atoms with van der Waals surface area (Å²) in [6.07, 6.45) is 3.75. The third-order valence-corrected chi connectivity index (χ3v) is 5.85. The Bertz CT molecular complexity index is 1140. The number of carbonyl (C=O) groups excluding carboxylic acids is 1. The molecular weight excluding hydrogens is 400 g/mol. The van der Waals surface area contributed by atoms with Gasteiger partial charge in [0.25, 0.3) is 0 Å². The SMILES string of the molecule is CN(c1ccccc1)c1ccc(-c2noc(C3CC(=O)N(c4nccs4)C3)n2)cn1. The van der Waals surface area contributed by atoms with E-state index in [1.54, 1.807) is 17.3 Å². The Hall–Kier alpha value is -3.59. The normalized spacial score (nSPS) is 16.2. The highest BCUT2D eigenvalue weighted by atomic mass is 32.1. The van der Waals surface area contributed by atoms with Crippen molar-refractivity contribution in [3.63, 3.8) is 0 Å². The summed E-state index contributed by atoms with van der Waals surface area (Å²) in [7, 11) is 1.97. The second kappa shape index (κ2) is 7.68. The van der Waals surface area contributed by atoms with Gasteiger partial charge in [0.15, 0.2) is 5.13 Å². The summed E-state index contributed by atoms with van der Waals surface area (Å²) < 4.78 is 5.47. The van der Waals surface area contributed by atoms with Crippen molar-refractivity contribution in [3.05, 3.63) is 66.1 Å². The van der Waals surface area contributed by atoms with Crippen molar-refractivity contribution < 1.29 is 9.32 Å². The van der Waals surface area contributed by atoms with Crippen LogP contribution in [0.4, 0.5) is 16.6 Å². The van der Waals surface area contributed by atoms with Gasteiger partial charge in [-0.15, -0.1) is 11.3 Å². The molecule has 0 spiro atoms. The van der Waals surface area contributed by atoms with Gasteiger partial charge in [-0.3, -0.25) is 9.69 Å². The van der Waals surface area contributed by atoms with E-state index in [9.17, 15) is 4.79 Å². The number of hydrogen-bond donors (Lipinski definition) is 0. The fraction of sp³-hybridized carbons (Fsp3) is 0.190. The molecule has 8 nitrogen and oxygen atoms in total. The van der Waals surface area contributed by atoms with Gasteiger partial charge in [0, 0.05) is 49.0 Å². The van der Waals surface area contributed by atoms with Crippen molar-refractivity contribution in [2.24, 2.45) is 0 Å². The molecule has 1 saturated heterocycles. The predicted molar refractivity (Wildman–Crippen MR) is 114 cm³/mol. The summed E-state index contributed by atoms with van der Waals surface area (Å²) in [4.78, 5) is 29.3. The van der Waals surface area contributed by atoms with E-state index in [0.29, 0.717) is 29.8 Å². The molecule has 9 heteroatoms. The molecule has 4 aromatic rings. The molecule has 0 radical (unpaired) electrons. The number of benzene rings is 1. The summed E-state index contributed by atoms with van der Waals surface area (Å²) in [6.45, 7) is 0.493. The number of pyridine rings is 1. The lowest BCUT2D eigenvalue weighted by molar-refractivity contribution is -0.117. The van der Waals surface area contributed by atoms with Crippen LogP contribution in [0.25, 0.3) is 11.4 Å². The predicted octanol–water partition coefficient (Wildman–Crippen LogP) is 3.88. The molecule has 5 rings (SSSR count). The zero-order valence-electron chi connectivity index (χ0n) is 16.2. The van der Waals surface area contributed by atoms with E-state index in [0.717, 1.165) is 17.1 Å². The summed E-state index contributed by atoms with van der Waals surface area (Å²) >= 11 is 1.44. The Morgan fingerprint density at radius 3 is 2.77 bits per heavy atom. The van der Waals surface area contributed by atoms with Gasteiger partial charge >= 0.3 is 0 Å². The van der Waals surface area contributed by atoms with Crippen LogP contribution < -0.4 is 9.80 Å². The molecule has 4 heterocycles. The number of aromatic nitrogens is 4. The number of hydrogen-bond acceptors (Lipinski definition) is 8. The number of nitrogens with zero attached hydrogens (tertiary/aromatic N) is 6. The molecule has 3 aromatic heterocycles. The van der Waals surface area contributed by atoms with Gasteiger partial charge in [0.05, 0.1) is 5.92 Å². The molecule has 1 aromatic carbocycles. The summed E-state index contributed by atoms with van der Waals surface area (Å²) in [5.74, 6) is 1.62. The standard InChI is InChI=1S/C21H18N6O2S/c1-26(16-5-3-2-4-6-16)17-8-7-14(12-23-17)19-24-20(29-25-19)15-11-18(28)27(13-15)21-22-9-10-30-21/h2-10,12,15H,11,13H2,1H3. The van der Waals surface area contributed by atoms with Gasteiger partial charge in [-0.05, 0) is 24.3 Å². The molecule has 1 fully saturated rings. The van der Waals surface area contributed by atoms with Crippen molar-refractivity contribution in [1.82, 2.24) is 20.1 Å². The van der Waals surface area contributed by atoms with Crippen LogP contribution >= 0.6 is 11.3 Å². The van der Waals surface area contributed by atoms with Crippen LogP contribution in [0.15, 0.2) is 64.8 Å². The highest BCUT2D eigenvalue weighted by molar-refractivity contribution is 7.13. The lowest BCUT2D eigenvalue weighted by atomic mass is 10.1. The van der Waals surface area contributed by atoms with Gasteiger partial charge in [-0.25, -0.2) is 9.97 Å². The first-order chi connectivity index (χ1) is 14.7. The first-order valence-electron chi connectivity index (χ1n) is 9.48. The number of amides is 1. The third kappa shape index (κ3) is 3.43. The molecular formula is C21H18N6O2S. The van der Waals surface area contributed by atoms with Crippen LogP contribution in [0.1, 0.15) is 18.2 Å². The zero-order valence-corrected chi connectivity index (χ0v) is 17.0. The van der Waals surface area contributed by atoms with Crippen molar-refractivity contribution in [2.45, 2.75) is 12.3 Å². The van der Waals surface area contributed by atoms with E-state index in [4.69, 9.17) is 4.52 Å². The number of para-hydroxylation sites is 1. The van der Waals surface area contributed by atoms with Crippen molar-refractivity contribution in [2.75, 3.05) is 23.4 Å². The van der Waals surface area contributed by atoms with Crippen LogP contribution in [-0.4, -0.2) is 39.6 Å². The number of carbonyl (C=O) groups is 1.